The highest BCUT2D eigenvalue weighted by Gasteiger charge is 2.28. The Morgan fingerprint density at radius 3 is 2.73 bits per heavy atom. The summed E-state index contributed by atoms with van der Waals surface area (Å²) in [7, 11) is 0. The molecule has 1 N–H and O–H groups in total. The van der Waals surface area contributed by atoms with E-state index in [1.165, 1.54) is 19.4 Å². The number of nitrogens with zero attached hydrogens (tertiary/aromatic N) is 1. The van der Waals surface area contributed by atoms with Crippen molar-refractivity contribution in [2.75, 3.05) is 19.7 Å². The average molecular weight is 157 g/mol. The summed E-state index contributed by atoms with van der Waals surface area (Å²) >= 11 is 0. The molecule has 1 saturated heterocycles. The second-order valence-corrected chi connectivity index (χ2v) is 3.46. The van der Waals surface area contributed by atoms with E-state index in [2.05, 4.69) is 18.7 Å². The van der Waals surface area contributed by atoms with Gasteiger partial charge < -0.3 is 5.11 Å². The molecule has 0 unspecified atom stereocenters. The van der Waals surface area contributed by atoms with Crippen LogP contribution in [0.3, 0.4) is 0 Å². The first kappa shape index (κ1) is 9.01. The predicted octanol–water partition coefficient (Wildman–Crippen LogP) is 1.10. The number of likely N-dealkylation sites (tertiary alicyclic amines) is 1. The fourth-order valence-electron chi connectivity index (χ4n) is 2.06. The third-order valence-corrected chi connectivity index (χ3v) is 2.96. The second-order valence-electron chi connectivity index (χ2n) is 3.46. The van der Waals surface area contributed by atoms with Crippen molar-refractivity contribution in [2.45, 2.75) is 32.7 Å². The fourth-order valence-corrected chi connectivity index (χ4v) is 2.06. The van der Waals surface area contributed by atoms with Gasteiger partial charge in [-0.25, -0.2) is 0 Å². The Balaban J connectivity index is 2.35. The number of β-amino-alcohol motifs (C(OH)–C–C–N with tert-alkyl or cyclic N) is 1. The third kappa shape index (κ3) is 1.94. The lowest BCUT2D eigenvalue weighted by atomic mass is 9.99. The molecule has 66 valence electrons. The molecule has 0 spiro atoms. The molecule has 0 amide bonds. The van der Waals surface area contributed by atoms with Crippen molar-refractivity contribution in [3.8, 4) is 0 Å². The normalized spacial score (nSPS) is 33.0. The maximum atomic E-state index is 8.76. The maximum Gasteiger partial charge on any atom is 0.0558 e. The number of hydrogen-bond donors (Lipinski definition) is 1. The first-order chi connectivity index (χ1) is 5.29. The molecule has 0 aromatic carbocycles. The van der Waals surface area contributed by atoms with Gasteiger partial charge in [0.1, 0.15) is 0 Å². The molecule has 0 bridgehead atoms. The zero-order valence-electron chi connectivity index (χ0n) is 7.58. The Morgan fingerprint density at radius 1 is 1.55 bits per heavy atom. The molecule has 0 aromatic rings. The van der Waals surface area contributed by atoms with E-state index in [0.29, 0.717) is 12.6 Å². The van der Waals surface area contributed by atoms with Crippen molar-refractivity contribution in [1.29, 1.82) is 0 Å². The summed E-state index contributed by atoms with van der Waals surface area (Å²) in [5.74, 6) is 0.863. The molecular weight excluding hydrogens is 138 g/mol. The number of aliphatic hydroxyl groups is 1. The highest BCUT2D eigenvalue weighted by atomic mass is 16.3. The van der Waals surface area contributed by atoms with Gasteiger partial charge in [-0.05, 0) is 25.8 Å². The van der Waals surface area contributed by atoms with Crippen LogP contribution < -0.4 is 0 Å². The van der Waals surface area contributed by atoms with Crippen LogP contribution in [0.15, 0.2) is 0 Å². The maximum absolute atomic E-state index is 8.76. The topological polar surface area (TPSA) is 23.5 Å². The van der Waals surface area contributed by atoms with E-state index >= 15 is 0 Å². The highest BCUT2D eigenvalue weighted by Crippen LogP contribution is 2.25. The quantitative estimate of drug-likeness (QED) is 0.663. The van der Waals surface area contributed by atoms with Crippen LogP contribution in [0.2, 0.25) is 0 Å². The van der Waals surface area contributed by atoms with Crippen molar-refractivity contribution in [1.82, 2.24) is 4.90 Å². The zero-order valence-corrected chi connectivity index (χ0v) is 7.58. The van der Waals surface area contributed by atoms with Gasteiger partial charge in [-0.2, -0.15) is 0 Å². The molecule has 2 nitrogen and oxygen atoms in total. The standard InChI is InChI=1S/C9H19NO/c1-3-9-4-5-10(6-7-11)8(9)2/h8-9,11H,3-7H2,1-2H3/t8-,9+/m0/s1. The van der Waals surface area contributed by atoms with E-state index in [9.17, 15) is 0 Å². The molecule has 0 radical (unpaired) electrons. The lowest BCUT2D eigenvalue weighted by molar-refractivity contribution is 0.179. The molecule has 1 heterocycles. The van der Waals surface area contributed by atoms with Gasteiger partial charge in [0.2, 0.25) is 0 Å². The molecule has 0 saturated carbocycles. The first-order valence-electron chi connectivity index (χ1n) is 4.64. The first-order valence-corrected chi connectivity index (χ1v) is 4.64. The number of rotatable bonds is 3. The van der Waals surface area contributed by atoms with Gasteiger partial charge in [0.05, 0.1) is 6.61 Å². The fraction of sp³-hybridized carbons (Fsp3) is 1.00. The third-order valence-electron chi connectivity index (χ3n) is 2.96. The Morgan fingerprint density at radius 2 is 2.27 bits per heavy atom. The summed E-state index contributed by atoms with van der Waals surface area (Å²) in [6, 6.07) is 0.687. The molecule has 0 aromatic heterocycles. The van der Waals surface area contributed by atoms with Crippen molar-refractivity contribution in [3.63, 3.8) is 0 Å². The average Bonchev–Trinajstić information content (AvgIpc) is 2.34. The van der Waals surface area contributed by atoms with Crippen LogP contribution in [0.1, 0.15) is 26.7 Å². The van der Waals surface area contributed by atoms with E-state index in [1.54, 1.807) is 0 Å². The molecule has 1 aliphatic rings. The summed E-state index contributed by atoms with van der Waals surface area (Å²) in [5.41, 5.74) is 0. The molecule has 2 heteroatoms. The molecule has 0 aliphatic carbocycles. The minimum Gasteiger partial charge on any atom is -0.395 e. The summed E-state index contributed by atoms with van der Waals surface area (Å²) in [5, 5.41) is 8.76. The van der Waals surface area contributed by atoms with Crippen molar-refractivity contribution in [3.05, 3.63) is 0 Å². The lowest BCUT2D eigenvalue weighted by Gasteiger charge is -2.22. The van der Waals surface area contributed by atoms with Crippen LogP contribution in [0.25, 0.3) is 0 Å². The predicted molar refractivity (Wildman–Crippen MR) is 46.5 cm³/mol. The van der Waals surface area contributed by atoms with Crippen LogP contribution >= 0.6 is 0 Å². The van der Waals surface area contributed by atoms with Gasteiger partial charge >= 0.3 is 0 Å². The summed E-state index contributed by atoms with van der Waals surface area (Å²) in [6.45, 7) is 6.87. The largest absolute Gasteiger partial charge is 0.395 e. The van der Waals surface area contributed by atoms with Gasteiger partial charge in [-0.3, -0.25) is 4.90 Å². The molecule has 1 aliphatic heterocycles. The molecule has 2 atom stereocenters. The van der Waals surface area contributed by atoms with Crippen molar-refractivity contribution < 1.29 is 5.11 Å². The number of hydrogen-bond acceptors (Lipinski definition) is 2. The van der Waals surface area contributed by atoms with Gasteiger partial charge in [0.15, 0.2) is 0 Å². The highest BCUT2D eigenvalue weighted by molar-refractivity contribution is 4.82. The minimum atomic E-state index is 0.306. The smallest absolute Gasteiger partial charge is 0.0558 e. The van der Waals surface area contributed by atoms with Crippen LogP contribution in [-0.4, -0.2) is 35.7 Å². The molecular formula is C9H19NO. The Hall–Kier alpha value is -0.0800. The van der Waals surface area contributed by atoms with Crippen LogP contribution in [-0.2, 0) is 0 Å². The van der Waals surface area contributed by atoms with E-state index in [0.717, 1.165) is 12.5 Å². The summed E-state index contributed by atoms with van der Waals surface area (Å²) in [6.07, 6.45) is 2.60. The van der Waals surface area contributed by atoms with E-state index < -0.39 is 0 Å². The van der Waals surface area contributed by atoms with Crippen molar-refractivity contribution in [2.24, 2.45) is 5.92 Å². The molecule has 1 fully saturated rings. The van der Waals surface area contributed by atoms with Gasteiger partial charge in [-0.1, -0.05) is 13.3 Å². The van der Waals surface area contributed by atoms with Crippen molar-refractivity contribution >= 4 is 0 Å². The van der Waals surface area contributed by atoms with E-state index in [4.69, 9.17) is 5.11 Å². The Labute approximate surface area is 69.2 Å². The Bertz CT molecular complexity index is 116. The van der Waals surface area contributed by atoms with E-state index in [1.807, 2.05) is 0 Å². The van der Waals surface area contributed by atoms with E-state index in [-0.39, 0.29) is 0 Å². The van der Waals surface area contributed by atoms with Gasteiger partial charge in [-0.15, -0.1) is 0 Å². The van der Waals surface area contributed by atoms with Crippen LogP contribution in [0.5, 0.6) is 0 Å². The SMILES string of the molecule is CC[C@@H]1CCN(CCO)[C@H]1C. The van der Waals surface area contributed by atoms with Gasteiger partial charge in [0.25, 0.3) is 0 Å². The molecule has 11 heavy (non-hydrogen) atoms. The van der Waals surface area contributed by atoms with Crippen LogP contribution in [0, 0.1) is 5.92 Å². The van der Waals surface area contributed by atoms with Gasteiger partial charge in [0, 0.05) is 12.6 Å². The monoisotopic (exact) mass is 157 g/mol. The minimum absolute atomic E-state index is 0.306. The summed E-state index contributed by atoms with van der Waals surface area (Å²) < 4.78 is 0. The second kappa shape index (κ2) is 4.07. The summed E-state index contributed by atoms with van der Waals surface area (Å²) in [4.78, 5) is 2.38. The zero-order chi connectivity index (χ0) is 8.27. The number of aliphatic hydroxyl groups excluding tert-OH is 1. The molecule has 1 rings (SSSR count). The Kier molecular flexibility index (Phi) is 3.34. The lowest BCUT2D eigenvalue weighted by Crippen LogP contribution is -2.32. The van der Waals surface area contributed by atoms with Crippen LogP contribution in [0.4, 0.5) is 0 Å².